The van der Waals surface area contributed by atoms with E-state index >= 15 is 0 Å². The van der Waals surface area contributed by atoms with E-state index < -0.39 is 0 Å². The molecule has 0 bridgehead atoms. The van der Waals surface area contributed by atoms with Gasteiger partial charge in [0.2, 0.25) is 0 Å². The number of halogens is 1. The maximum Gasteiger partial charge on any atom is 0.157 e. The summed E-state index contributed by atoms with van der Waals surface area (Å²) in [5.74, 6) is 0.0892. The fraction of sp³-hybridized carbons (Fsp3) is 0.167. The number of hydrogen-bond acceptors (Lipinski definition) is 2. The van der Waals surface area contributed by atoms with Gasteiger partial charge in [0.05, 0.1) is 0 Å². The highest BCUT2D eigenvalue weighted by Gasteiger charge is 2.05. The highest BCUT2D eigenvalue weighted by molar-refractivity contribution is 9.10. The van der Waals surface area contributed by atoms with Gasteiger partial charge in [-0.3, -0.25) is 4.79 Å². The van der Waals surface area contributed by atoms with Crippen LogP contribution in [0, 0.1) is 0 Å². The molecule has 0 unspecified atom stereocenters. The summed E-state index contributed by atoms with van der Waals surface area (Å²) in [5.41, 5.74) is 3.00. The van der Waals surface area contributed by atoms with Gasteiger partial charge in [-0.1, -0.05) is 64.5 Å². The molecule has 0 saturated carbocycles. The quantitative estimate of drug-likeness (QED) is 0.796. The SMILES string of the molecule is CC(=O)/C(=C/c1ccccc1Br)CNCc1ccccc1. The summed E-state index contributed by atoms with van der Waals surface area (Å²) < 4.78 is 0.992. The third-order valence-corrected chi connectivity index (χ3v) is 3.90. The Morgan fingerprint density at radius 2 is 1.76 bits per heavy atom. The molecule has 0 spiro atoms. The summed E-state index contributed by atoms with van der Waals surface area (Å²) in [4.78, 5) is 11.8. The van der Waals surface area contributed by atoms with Crippen molar-refractivity contribution < 1.29 is 4.79 Å². The second kappa shape index (κ2) is 7.91. The standard InChI is InChI=1S/C18H18BrNO/c1-14(21)17(11-16-9-5-6-10-18(16)19)13-20-12-15-7-3-2-4-8-15/h2-11,20H,12-13H2,1H3/b17-11+. The lowest BCUT2D eigenvalue weighted by Gasteiger charge is -2.08. The zero-order valence-corrected chi connectivity index (χ0v) is 13.6. The van der Waals surface area contributed by atoms with E-state index in [2.05, 4.69) is 33.4 Å². The van der Waals surface area contributed by atoms with Crippen molar-refractivity contribution in [2.45, 2.75) is 13.5 Å². The van der Waals surface area contributed by atoms with Crippen molar-refractivity contribution in [1.82, 2.24) is 5.32 Å². The van der Waals surface area contributed by atoms with Gasteiger partial charge in [0.15, 0.2) is 5.78 Å². The molecule has 0 aliphatic carbocycles. The lowest BCUT2D eigenvalue weighted by molar-refractivity contribution is -0.113. The monoisotopic (exact) mass is 343 g/mol. The molecule has 2 aromatic rings. The maximum absolute atomic E-state index is 11.8. The Morgan fingerprint density at radius 3 is 2.43 bits per heavy atom. The average molecular weight is 344 g/mol. The van der Waals surface area contributed by atoms with E-state index in [1.54, 1.807) is 6.92 Å². The molecule has 1 N–H and O–H groups in total. The van der Waals surface area contributed by atoms with Crippen LogP contribution in [0.4, 0.5) is 0 Å². The van der Waals surface area contributed by atoms with Gasteiger partial charge >= 0.3 is 0 Å². The largest absolute Gasteiger partial charge is 0.308 e. The lowest BCUT2D eigenvalue weighted by Crippen LogP contribution is -2.19. The molecule has 0 heterocycles. The van der Waals surface area contributed by atoms with Crippen molar-refractivity contribution in [1.29, 1.82) is 0 Å². The summed E-state index contributed by atoms with van der Waals surface area (Å²) in [6.07, 6.45) is 1.93. The predicted octanol–water partition coefficient (Wildman–Crippen LogP) is 4.21. The molecule has 0 atom stereocenters. The van der Waals surface area contributed by atoms with Crippen molar-refractivity contribution in [3.63, 3.8) is 0 Å². The van der Waals surface area contributed by atoms with Gasteiger partial charge in [-0.2, -0.15) is 0 Å². The third kappa shape index (κ3) is 4.96. The molecule has 2 nitrogen and oxygen atoms in total. The molecule has 0 saturated heterocycles. The first-order valence-electron chi connectivity index (χ1n) is 6.87. The van der Waals surface area contributed by atoms with E-state index in [4.69, 9.17) is 0 Å². The van der Waals surface area contributed by atoms with Crippen molar-refractivity contribution in [2.75, 3.05) is 6.54 Å². The van der Waals surface area contributed by atoms with Crippen molar-refractivity contribution >= 4 is 27.8 Å². The number of carbonyl (C=O) groups excluding carboxylic acids is 1. The van der Waals surface area contributed by atoms with Crippen LogP contribution in [-0.2, 0) is 11.3 Å². The van der Waals surface area contributed by atoms with Crippen LogP contribution in [0.5, 0.6) is 0 Å². The van der Waals surface area contributed by atoms with Crippen LogP contribution in [-0.4, -0.2) is 12.3 Å². The Morgan fingerprint density at radius 1 is 1.10 bits per heavy atom. The molecule has 0 amide bonds. The number of benzene rings is 2. The number of Topliss-reactive ketones (excluding diaryl/α,β-unsaturated/α-hetero) is 1. The van der Waals surface area contributed by atoms with Crippen molar-refractivity contribution in [2.24, 2.45) is 0 Å². The van der Waals surface area contributed by atoms with E-state index in [0.29, 0.717) is 6.54 Å². The van der Waals surface area contributed by atoms with Gasteiger partial charge in [-0.05, 0) is 30.2 Å². The Kier molecular flexibility index (Phi) is 5.90. The van der Waals surface area contributed by atoms with E-state index in [1.807, 2.05) is 48.5 Å². The molecular weight excluding hydrogens is 326 g/mol. The Bertz CT molecular complexity index is 635. The highest BCUT2D eigenvalue weighted by Crippen LogP contribution is 2.19. The Labute approximate surface area is 134 Å². The van der Waals surface area contributed by atoms with Gasteiger partial charge < -0.3 is 5.32 Å². The molecule has 0 radical (unpaired) electrons. The van der Waals surface area contributed by atoms with Gasteiger partial charge in [0, 0.05) is 23.1 Å². The topological polar surface area (TPSA) is 29.1 Å². The summed E-state index contributed by atoms with van der Waals surface area (Å²) in [6.45, 7) is 2.92. The van der Waals surface area contributed by atoms with Crippen molar-refractivity contribution in [3.8, 4) is 0 Å². The minimum absolute atomic E-state index is 0.0892. The second-order valence-electron chi connectivity index (χ2n) is 4.84. The molecule has 0 fully saturated rings. The molecule has 0 aliphatic rings. The van der Waals surface area contributed by atoms with Crippen LogP contribution >= 0.6 is 15.9 Å². The van der Waals surface area contributed by atoms with Gasteiger partial charge in [0.1, 0.15) is 0 Å². The molecule has 0 aliphatic heterocycles. The first kappa shape index (κ1) is 15.7. The molecule has 3 heteroatoms. The van der Waals surface area contributed by atoms with Crippen LogP contribution in [0.15, 0.2) is 64.6 Å². The van der Waals surface area contributed by atoms with E-state index in [9.17, 15) is 4.79 Å². The van der Waals surface area contributed by atoms with Gasteiger partial charge in [-0.25, -0.2) is 0 Å². The summed E-state index contributed by atoms with van der Waals surface area (Å²) >= 11 is 3.50. The molecule has 0 aromatic heterocycles. The van der Waals surface area contributed by atoms with Crippen molar-refractivity contribution in [3.05, 3.63) is 75.8 Å². The first-order chi connectivity index (χ1) is 10.2. The molecule has 2 aromatic carbocycles. The number of rotatable bonds is 6. The van der Waals surface area contributed by atoms with Crippen LogP contribution in [0.2, 0.25) is 0 Å². The van der Waals surface area contributed by atoms with Crippen LogP contribution < -0.4 is 5.32 Å². The number of ketones is 1. The van der Waals surface area contributed by atoms with Crippen LogP contribution in [0.1, 0.15) is 18.1 Å². The Hall–Kier alpha value is -1.71. The van der Waals surface area contributed by atoms with E-state index in [1.165, 1.54) is 5.56 Å². The maximum atomic E-state index is 11.8. The van der Waals surface area contributed by atoms with E-state index in [0.717, 1.165) is 22.2 Å². The summed E-state index contributed by atoms with van der Waals surface area (Å²) in [7, 11) is 0. The number of hydrogen-bond donors (Lipinski definition) is 1. The zero-order chi connectivity index (χ0) is 15.1. The normalized spacial score (nSPS) is 11.4. The zero-order valence-electron chi connectivity index (χ0n) is 12.0. The summed E-state index contributed by atoms with van der Waals surface area (Å²) in [5, 5.41) is 3.32. The van der Waals surface area contributed by atoms with Crippen LogP contribution in [0.25, 0.3) is 6.08 Å². The molecule has 108 valence electrons. The smallest absolute Gasteiger partial charge is 0.157 e. The minimum Gasteiger partial charge on any atom is -0.308 e. The second-order valence-corrected chi connectivity index (χ2v) is 5.69. The minimum atomic E-state index is 0.0892. The van der Waals surface area contributed by atoms with Crippen LogP contribution in [0.3, 0.4) is 0 Å². The van der Waals surface area contributed by atoms with Gasteiger partial charge in [0.25, 0.3) is 0 Å². The first-order valence-corrected chi connectivity index (χ1v) is 7.67. The Balaban J connectivity index is 2.03. The highest BCUT2D eigenvalue weighted by atomic mass is 79.9. The molecule has 21 heavy (non-hydrogen) atoms. The summed E-state index contributed by atoms with van der Waals surface area (Å²) in [6, 6.07) is 18.0. The average Bonchev–Trinajstić information content (AvgIpc) is 2.49. The number of carbonyl (C=O) groups is 1. The third-order valence-electron chi connectivity index (χ3n) is 3.17. The number of nitrogens with one attached hydrogen (secondary N) is 1. The lowest BCUT2D eigenvalue weighted by atomic mass is 10.1. The van der Waals surface area contributed by atoms with Gasteiger partial charge in [-0.15, -0.1) is 0 Å². The fourth-order valence-electron chi connectivity index (χ4n) is 1.99. The molecule has 2 rings (SSSR count). The van der Waals surface area contributed by atoms with E-state index in [-0.39, 0.29) is 5.78 Å². The predicted molar refractivity (Wildman–Crippen MR) is 90.9 cm³/mol. The fourth-order valence-corrected chi connectivity index (χ4v) is 2.39. The molecular formula is C18H18BrNO.